The molecule has 398 valence electrons. The molecular weight excluding hydrogens is 957 g/mol. The van der Waals surface area contributed by atoms with Crippen LogP contribution in [0, 0.1) is 0 Å². The average Bonchev–Trinajstić information content (AvgIpc) is 4.04. The topological polar surface area (TPSA) is 379 Å². The van der Waals surface area contributed by atoms with Gasteiger partial charge in [-0.15, -0.1) is 0 Å². The van der Waals surface area contributed by atoms with Gasteiger partial charge in [-0.1, -0.05) is 68.3 Å². The SMILES string of the molecule is CCCC[C@H](NC(C)=O)C(=O)N[C@H]1CC(=O)NCCCCC(C(=O)O)NC(=O)[C@H](Cc2c[nH]c3ccccc23)NC(=O)[C@H](CCCN=C(N)N)NC(=O)C(Cc2ccccc2)NC(=O)[C@H](Cc2cnc[nH]2)NC1=O. The number of hydrogen-bond donors (Lipinski definition) is 13. The molecule has 0 saturated carbocycles. The van der Waals surface area contributed by atoms with E-state index in [1.165, 1.54) is 19.4 Å². The molecule has 2 unspecified atom stereocenters. The van der Waals surface area contributed by atoms with E-state index in [1.807, 2.05) is 25.1 Å². The number of nitrogens with zero attached hydrogens (tertiary/aromatic N) is 2. The first-order chi connectivity index (χ1) is 35.5. The van der Waals surface area contributed by atoms with Gasteiger partial charge in [-0.3, -0.25) is 43.3 Å². The van der Waals surface area contributed by atoms with Crippen LogP contribution >= 0.6 is 0 Å². The van der Waals surface area contributed by atoms with E-state index in [2.05, 4.69) is 62.5 Å². The number of carbonyl (C=O) groups is 9. The summed E-state index contributed by atoms with van der Waals surface area (Å²) in [7, 11) is 0. The van der Waals surface area contributed by atoms with Crippen LogP contribution < -0.4 is 54.0 Å². The summed E-state index contributed by atoms with van der Waals surface area (Å²) in [6, 6.07) is 6.21. The third-order valence-corrected chi connectivity index (χ3v) is 12.3. The standard InChI is InChI=1S/C50H68N14O10/c1-3-4-16-35(58-29(2)65)43(67)64-41-25-42(66)54-20-11-10-18-37(49(73)74)60-46(70)39(23-31-26-56-34-17-9-8-15-33(31)34)62-44(68)36(19-12-21-55-50(51)52)59-45(69)38(22-30-13-6-5-7-14-30)61-47(71)40(63-48(41)72)24-32-27-53-28-57-32/h5-9,13-15,17,26-28,35-41,56H,3-4,10-12,16,18-25H2,1-2H3,(H,53,57)(H,54,66)(H,58,65)(H,59,69)(H,60,70)(H,61,71)(H,62,68)(H,63,72)(H,64,67)(H,73,74)(H4,51,52,55)/t35-,36-,37?,38?,39-,40-,41-/m0/s1. The number of unbranched alkanes of at least 4 members (excludes halogenated alkanes) is 1. The summed E-state index contributed by atoms with van der Waals surface area (Å²) >= 11 is 0. The Hall–Kier alpha value is -8.31. The monoisotopic (exact) mass is 1020 g/mol. The minimum Gasteiger partial charge on any atom is -0.480 e. The third-order valence-electron chi connectivity index (χ3n) is 12.3. The fourth-order valence-electron chi connectivity index (χ4n) is 8.37. The van der Waals surface area contributed by atoms with Crippen LogP contribution in [-0.4, -0.2) is 135 Å². The first-order valence-electron chi connectivity index (χ1n) is 24.7. The fraction of sp³-hybridized carbons (Fsp3) is 0.460. The minimum absolute atomic E-state index is 0.00489. The number of aromatic nitrogens is 3. The number of H-pyrrole nitrogens is 2. The molecule has 2 aromatic heterocycles. The Bertz CT molecular complexity index is 2580. The second-order valence-corrected chi connectivity index (χ2v) is 18.1. The number of aliphatic carboxylic acids is 1. The van der Waals surface area contributed by atoms with Crippen molar-refractivity contribution in [2.75, 3.05) is 13.1 Å². The quantitative estimate of drug-likeness (QED) is 0.0356. The highest BCUT2D eigenvalue weighted by molar-refractivity contribution is 5.99. The van der Waals surface area contributed by atoms with Crippen molar-refractivity contribution < 1.29 is 48.3 Å². The molecule has 1 saturated heterocycles. The van der Waals surface area contributed by atoms with E-state index in [-0.39, 0.29) is 76.8 Å². The van der Waals surface area contributed by atoms with Crippen molar-refractivity contribution in [3.63, 3.8) is 0 Å². The first kappa shape index (κ1) is 56.6. The predicted molar refractivity (Wildman–Crippen MR) is 272 cm³/mol. The number of hydrogen-bond acceptors (Lipinski definition) is 11. The molecule has 0 aliphatic carbocycles. The molecule has 0 radical (unpaired) electrons. The van der Waals surface area contributed by atoms with Gasteiger partial charge in [0, 0.05) is 68.3 Å². The number of nitrogens with one attached hydrogen (secondary N) is 10. The molecule has 1 aliphatic heterocycles. The van der Waals surface area contributed by atoms with Crippen molar-refractivity contribution >= 4 is 70.1 Å². The van der Waals surface area contributed by atoms with Crippen LogP contribution in [-0.2, 0) is 62.4 Å². The molecule has 0 bridgehead atoms. The molecule has 2 aromatic carbocycles. The highest BCUT2D eigenvalue weighted by Gasteiger charge is 2.35. The van der Waals surface area contributed by atoms with E-state index >= 15 is 0 Å². The Labute approximate surface area is 427 Å². The molecule has 8 amide bonds. The van der Waals surface area contributed by atoms with Crippen molar-refractivity contribution in [1.82, 2.24) is 57.5 Å². The number of para-hydroxylation sites is 1. The molecule has 0 spiro atoms. The summed E-state index contributed by atoms with van der Waals surface area (Å²) in [5.41, 5.74) is 13.5. The zero-order valence-corrected chi connectivity index (χ0v) is 41.5. The summed E-state index contributed by atoms with van der Waals surface area (Å²) in [4.78, 5) is 139. The maximum atomic E-state index is 14.7. The number of aromatic amines is 2. The predicted octanol–water partition coefficient (Wildman–Crippen LogP) is -0.649. The van der Waals surface area contributed by atoms with Gasteiger partial charge in [0.1, 0.15) is 42.3 Å². The molecular formula is C50H68N14O10. The maximum absolute atomic E-state index is 14.7. The number of benzene rings is 2. The molecule has 74 heavy (non-hydrogen) atoms. The molecule has 1 aliphatic rings. The highest BCUT2D eigenvalue weighted by Crippen LogP contribution is 2.20. The number of aliphatic imine (C=N–C) groups is 1. The summed E-state index contributed by atoms with van der Waals surface area (Å²) in [5, 5.41) is 32.3. The van der Waals surface area contributed by atoms with Gasteiger partial charge in [-0.25, -0.2) is 9.78 Å². The third kappa shape index (κ3) is 18.1. The fourth-order valence-corrected chi connectivity index (χ4v) is 8.37. The van der Waals surface area contributed by atoms with Crippen molar-refractivity contribution in [3.05, 3.63) is 90.1 Å². The van der Waals surface area contributed by atoms with Gasteiger partial charge in [0.05, 0.1) is 12.7 Å². The molecule has 24 nitrogen and oxygen atoms in total. The Morgan fingerprint density at radius 1 is 0.784 bits per heavy atom. The number of guanidine groups is 1. The molecule has 1 fully saturated rings. The molecule has 3 heterocycles. The van der Waals surface area contributed by atoms with E-state index in [0.29, 0.717) is 29.7 Å². The van der Waals surface area contributed by atoms with Crippen LogP contribution in [0.5, 0.6) is 0 Å². The van der Waals surface area contributed by atoms with Crippen LogP contribution in [0.1, 0.15) is 88.5 Å². The van der Waals surface area contributed by atoms with Gasteiger partial charge in [0.2, 0.25) is 47.3 Å². The van der Waals surface area contributed by atoms with Gasteiger partial charge in [0.15, 0.2) is 5.96 Å². The van der Waals surface area contributed by atoms with Gasteiger partial charge in [0.25, 0.3) is 0 Å². The Balaban J connectivity index is 1.55. The Kier molecular flexibility index (Phi) is 21.9. The lowest BCUT2D eigenvalue weighted by atomic mass is 10.0. The van der Waals surface area contributed by atoms with Crippen molar-refractivity contribution in [3.8, 4) is 0 Å². The van der Waals surface area contributed by atoms with E-state index in [4.69, 9.17) is 11.5 Å². The van der Waals surface area contributed by atoms with Crippen molar-refractivity contribution in [2.45, 2.75) is 133 Å². The number of amides is 8. The summed E-state index contributed by atoms with van der Waals surface area (Å²) in [6.07, 6.45) is 5.28. The van der Waals surface area contributed by atoms with Crippen LogP contribution in [0.4, 0.5) is 0 Å². The zero-order valence-electron chi connectivity index (χ0n) is 41.5. The Morgan fingerprint density at radius 2 is 1.43 bits per heavy atom. The molecule has 24 heteroatoms. The highest BCUT2D eigenvalue weighted by atomic mass is 16.4. The molecule has 7 atom stereocenters. The first-order valence-corrected chi connectivity index (χ1v) is 24.7. The smallest absolute Gasteiger partial charge is 0.326 e. The number of carboxylic acids is 1. The number of carboxylic acid groups (broad SMARTS) is 1. The van der Waals surface area contributed by atoms with Crippen LogP contribution in [0.25, 0.3) is 10.9 Å². The average molecular weight is 1030 g/mol. The summed E-state index contributed by atoms with van der Waals surface area (Å²) in [5.74, 6) is -7.80. The number of fused-ring (bicyclic) bond motifs is 1. The van der Waals surface area contributed by atoms with Crippen LogP contribution in [0.15, 0.2) is 78.3 Å². The van der Waals surface area contributed by atoms with E-state index in [1.54, 1.807) is 42.6 Å². The molecule has 5 rings (SSSR count). The maximum Gasteiger partial charge on any atom is 0.326 e. The van der Waals surface area contributed by atoms with Crippen molar-refractivity contribution in [2.24, 2.45) is 16.5 Å². The number of imidazole rings is 1. The van der Waals surface area contributed by atoms with Gasteiger partial charge >= 0.3 is 5.97 Å². The van der Waals surface area contributed by atoms with Gasteiger partial charge < -0.3 is 69.1 Å². The van der Waals surface area contributed by atoms with Crippen LogP contribution in [0.3, 0.4) is 0 Å². The van der Waals surface area contributed by atoms with E-state index in [9.17, 15) is 48.3 Å². The second-order valence-electron chi connectivity index (χ2n) is 18.1. The molecule has 15 N–H and O–H groups in total. The zero-order chi connectivity index (χ0) is 53.6. The largest absolute Gasteiger partial charge is 0.480 e. The lowest BCUT2D eigenvalue weighted by Gasteiger charge is -2.28. The summed E-state index contributed by atoms with van der Waals surface area (Å²) in [6.45, 7) is 3.19. The number of rotatable bonds is 17. The number of carbonyl (C=O) groups excluding carboxylic acids is 8. The lowest BCUT2D eigenvalue weighted by Crippen LogP contribution is -2.61. The van der Waals surface area contributed by atoms with Crippen LogP contribution in [0.2, 0.25) is 0 Å². The normalized spacial score (nSPS) is 21.3. The number of nitrogens with two attached hydrogens (primary N) is 2. The van der Waals surface area contributed by atoms with Crippen molar-refractivity contribution in [1.29, 1.82) is 0 Å². The summed E-state index contributed by atoms with van der Waals surface area (Å²) < 4.78 is 0. The minimum atomic E-state index is -1.59. The second kappa shape index (κ2) is 28.7. The molecule has 4 aromatic rings. The van der Waals surface area contributed by atoms with E-state index in [0.717, 1.165) is 10.9 Å². The lowest BCUT2D eigenvalue weighted by molar-refractivity contribution is -0.142. The Morgan fingerprint density at radius 3 is 2.11 bits per heavy atom. The van der Waals surface area contributed by atoms with Gasteiger partial charge in [-0.05, 0) is 55.7 Å². The van der Waals surface area contributed by atoms with E-state index < -0.39 is 102 Å². The van der Waals surface area contributed by atoms with Gasteiger partial charge in [-0.2, -0.15) is 0 Å².